The Labute approximate surface area is 122 Å². The molecule has 112 valence electrons. The fourth-order valence-electron chi connectivity index (χ4n) is 3.41. The Morgan fingerprint density at radius 3 is 2.45 bits per heavy atom. The zero-order valence-corrected chi connectivity index (χ0v) is 12.4. The third-order valence-corrected chi connectivity index (χ3v) is 4.37. The van der Waals surface area contributed by atoms with Crippen molar-refractivity contribution in [2.45, 2.75) is 37.8 Å². The first-order valence-corrected chi connectivity index (χ1v) is 7.75. The Morgan fingerprint density at radius 2 is 1.85 bits per heavy atom. The van der Waals surface area contributed by atoms with Crippen molar-refractivity contribution in [1.29, 1.82) is 0 Å². The maximum atomic E-state index is 12.8. The van der Waals surface area contributed by atoms with Gasteiger partial charge in [-0.15, -0.1) is 13.2 Å². The fourth-order valence-corrected chi connectivity index (χ4v) is 3.41. The molecule has 1 N–H and O–H groups in total. The lowest BCUT2D eigenvalue weighted by atomic mass is 10.0. The van der Waals surface area contributed by atoms with Crippen molar-refractivity contribution in [3.8, 4) is 0 Å². The summed E-state index contributed by atoms with van der Waals surface area (Å²) in [6.45, 7) is 11.9. The molecule has 2 heterocycles. The minimum absolute atomic E-state index is 0.0676. The summed E-state index contributed by atoms with van der Waals surface area (Å²) in [6.07, 6.45) is 8.04. The van der Waals surface area contributed by atoms with Crippen LogP contribution in [-0.4, -0.2) is 60.5 Å². The molecule has 0 aliphatic carbocycles. The van der Waals surface area contributed by atoms with Crippen molar-refractivity contribution in [3.05, 3.63) is 25.3 Å². The van der Waals surface area contributed by atoms with E-state index in [0.29, 0.717) is 19.1 Å². The zero-order valence-electron chi connectivity index (χ0n) is 12.4. The molecular weight excluding hydrogens is 250 g/mol. The summed E-state index contributed by atoms with van der Waals surface area (Å²) >= 11 is 0. The van der Waals surface area contributed by atoms with E-state index in [1.807, 2.05) is 4.90 Å². The molecule has 4 nitrogen and oxygen atoms in total. The first-order chi connectivity index (χ1) is 9.77. The van der Waals surface area contributed by atoms with Gasteiger partial charge in [0, 0.05) is 19.1 Å². The quantitative estimate of drug-likeness (QED) is 0.746. The highest BCUT2D eigenvalue weighted by molar-refractivity contribution is 5.82. The first-order valence-electron chi connectivity index (χ1n) is 7.75. The summed E-state index contributed by atoms with van der Waals surface area (Å²) in [5, 5.41) is 3.40. The monoisotopic (exact) mass is 277 g/mol. The molecule has 0 bridgehead atoms. The van der Waals surface area contributed by atoms with Crippen LogP contribution in [0.2, 0.25) is 0 Å². The topological polar surface area (TPSA) is 35.6 Å². The third kappa shape index (κ3) is 3.49. The largest absolute Gasteiger partial charge is 0.334 e. The molecule has 0 saturated carbocycles. The minimum atomic E-state index is 0.0676. The second-order valence-corrected chi connectivity index (χ2v) is 5.70. The van der Waals surface area contributed by atoms with Crippen LogP contribution in [0.5, 0.6) is 0 Å². The predicted molar refractivity (Wildman–Crippen MR) is 82.6 cm³/mol. The van der Waals surface area contributed by atoms with Gasteiger partial charge >= 0.3 is 0 Å². The first kappa shape index (κ1) is 15.3. The Hall–Kier alpha value is -1.13. The molecule has 20 heavy (non-hydrogen) atoms. The molecule has 4 heteroatoms. The van der Waals surface area contributed by atoms with E-state index < -0.39 is 0 Å². The highest BCUT2D eigenvalue weighted by Gasteiger charge is 2.37. The SMILES string of the molecule is C=CCN(CC=C)C(=O)C1CCCN1C1CCNCC1. The van der Waals surface area contributed by atoms with Gasteiger partial charge in [0.15, 0.2) is 0 Å². The van der Waals surface area contributed by atoms with Crippen LogP contribution >= 0.6 is 0 Å². The standard InChI is InChI=1S/C16H27N3O/c1-3-11-18(12-4-2)16(20)15-6-5-13-19(15)14-7-9-17-10-8-14/h3-4,14-15,17H,1-2,5-13H2. The molecule has 2 fully saturated rings. The van der Waals surface area contributed by atoms with Crippen LogP contribution in [0.1, 0.15) is 25.7 Å². The van der Waals surface area contributed by atoms with E-state index in [1.165, 1.54) is 0 Å². The highest BCUT2D eigenvalue weighted by atomic mass is 16.2. The Morgan fingerprint density at radius 1 is 1.20 bits per heavy atom. The number of carbonyl (C=O) groups excluding carboxylic acids is 1. The number of piperidine rings is 1. The second-order valence-electron chi connectivity index (χ2n) is 5.70. The fraction of sp³-hybridized carbons (Fsp3) is 0.688. The molecule has 0 radical (unpaired) electrons. The van der Waals surface area contributed by atoms with Crippen molar-refractivity contribution in [2.75, 3.05) is 32.7 Å². The Bertz CT molecular complexity index is 340. The molecule has 0 aromatic heterocycles. The van der Waals surface area contributed by atoms with Gasteiger partial charge in [-0.2, -0.15) is 0 Å². The van der Waals surface area contributed by atoms with E-state index in [4.69, 9.17) is 0 Å². The van der Waals surface area contributed by atoms with Gasteiger partial charge in [-0.1, -0.05) is 12.2 Å². The summed E-state index contributed by atoms with van der Waals surface area (Å²) in [5.41, 5.74) is 0. The van der Waals surface area contributed by atoms with Crippen molar-refractivity contribution in [1.82, 2.24) is 15.1 Å². The van der Waals surface area contributed by atoms with E-state index in [-0.39, 0.29) is 11.9 Å². The van der Waals surface area contributed by atoms with E-state index in [0.717, 1.165) is 45.3 Å². The number of amides is 1. The van der Waals surface area contributed by atoms with Crippen LogP contribution in [0, 0.1) is 0 Å². The van der Waals surface area contributed by atoms with Gasteiger partial charge < -0.3 is 10.2 Å². The summed E-state index contributed by atoms with van der Waals surface area (Å²) in [7, 11) is 0. The molecular formula is C16H27N3O. The normalized spacial score (nSPS) is 24.5. The number of likely N-dealkylation sites (tertiary alicyclic amines) is 1. The molecule has 0 spiro atoms. The molecule has 0 aromatic rings. The van der Waals surface area contributed by atoms with Gasteiger partial charge in [-0.05, 0) is 45.3 Å². The lowest BCUT2D eigenvalue weighted by molar-refractivity contribution is -0.135. The molecule has 1 atom stereocenters. The number of nitrogens with zero attached hydrogens (tertiary/aromatic N) is 2. The summed E-state index contributed by atoms with van der Waals surface area (Å²) in [6, 6.07) is 0.639. The van der Waals surface area contributed by atoms with Gasteiger partial charge in [-0.3, -0.25) is 9.69 Å². The Balaban J connectivity index is 2.02. The van der Waals surface area contributed by atoms with E-state index >= 15 is 0 Å². The predicted octanol–water partition coefficient (Wildman–Crippen LogP) is 1.40. The lowest BCUT2D eigenvalue weighted by Gasteiger charge is -2.36. The average molecular weight is 277 g/mol. The van der Waals surface area contributed by atoms with Crippen molar-refractivity contribution in [3.63, 3.8) is 0 Å². The Kier molecular flexibility index (Phi) is 5.80. The smallest absolute Gasteiger partial charge is 0.240 e. The number of carbonyl (C=O) groups is 1. The molecule has 2 rings (SSSR count). The van der Waals surface area contributed by atoms with Crippen LogP contribution in [0.15, 0.2) is 25.3 Å². The van der Waals surface area contributed by atoms with Crippen LogP contribution in [0.25, 0.3) is 0 Å². The second kappa shape index (κ2) is 7.60. The van der Waals surface area contributed by atoms with Gasteiger partial charge in [-0.25, -0.2) is 0 Å². The average Bonchev–Trinajstić information content (AvgIpc) is 2.96. The van der Waals surface area contributed by atoms with Crippen molar-refractivity contribution >= 4 is 5.91 Å². The van der Waals surface area contributed by atoms with Gasteiger partial charge in [0.05, 0.1) is 6.04 Å². The molecule has 2 saturated heterocycles. The molecule has 2 aliphatic heterocycles. The van der Waals surface area contributed by atoms with Crippen LogP contribution in [-0.2, 0) is 4.79 Å². The summed E-state index contributed by atoms with van der Waals surface area (Å²) in [5.74, 6) is 0.251. The highest BCUT2D eigenvalue weighted by Crippen LogP contribution is 2.25. The van der Waals surface area contributed by atoms with Gasteiger partial charge in [0.1, 0.15) is 0 Å². The van der Waals surface area contributed by atoms with E-state index in [9.17, 15) is 4.79 Å². The van der Waals surface area contributed by atoms with E-state index in [2.05, 4.69) is 23.4 Å². The van der Waals surface area contributed by atoms with Crippen LogP contribution < -0.4 is 5.32 Å². The van der Waals surface area contributed by atoms with Gasteiger partial charge in [0.25, 0.3) is 0 Å². The van der Waals surface area contributed by atoms with Gasteiger partial charge in [0.2, 0.25) is 5.91 Å². The van der Waals surface area contributed by atoms with Crippen LogP contribution in [0.3, 0.4) is 0 Å². The molecule has 0 aromatic carbocycles. The van der Waals surface area contributed by atoms with Crippen molar-refractivity contribution < 1.29 is 4.79 Å². The number of hydrogen-bond donors (Lipinski definition) is 1. The number of rotatable bonds is 6. The molecule has 1 amide bonds. The van der Waals surface area contributed by atoms with Crippen LogP contribution in [0.4, 0.5) is 0 Å². The van der Waals surface area contributed by atoms with Crippen molar-refractivity contribution in [2.24, 2.45) is 0 Å². The molecule has 1 unspecified atom stereocenters. The molecule has 2 aliphatic rings. The summed E-state index contributed by atoms with van der Waals surface area (Å²) < 4.78 is 0. The minimum Gasteiger partial charge on any atom is -0.334 e. The van der Waals surface area contributed by atoms with E-state index in [1.54, 1.807) is 12.2 Å². The number of nitrogens with one attached hydrogen (secondary N) is 1. The summed E-state index contributed by atoms with van der Waals surface area (Å²) in [4.78, 5) is 17.1. The lowest BCUT2D eigenvalue weighted by Crippen LogP contribution is -2.51. The maximum absolute atomic E-state index is 12.8. The third-order valence-electron chi connectivity index (χ3n) is 4.37. The maximum Gasteiger partial charge on any atom is 0.240 e. The zero-order chi connectivity index (χ0) is 14.4. The number of hydrogen-bond acceptors (Lipinski definition) is 3.